The largest absolute Gasteiger partial charge is 0.379 e. The van der Waals surface area contributed by atoms with Crippen molar-refractivity contribution in [3.63, 3.8) is 0 Å². The third-order valence-electron chi connectivity index (χ3n) is 5.32. The van der Waals surface area contributed by atoms with Gasteiger partial charge in [0.25, 0.3) is 0 Å². The molecule has 0 spiro atoms. The number of nitrogens with one attached hydrogen (secondary N) is 1. The molecule has 2 fully saturated rings. The van der Waals surface area contributed by atoms with E-state index >= 15 is 0 Å². The van der Waals surface area contributed by atoms with Crippen molar-refractivity contribution in [2.75, 3.05) is 58.2 Å². The van der Waals surface area contributed by atoms with Crippen molar-refractivity contribution < 1.29 is 4.74 Å². The van der Waals surface area contributed by atoms with Crippen molar-refractivity contribution in [1.29, 1.82) is 0 Å². The van der Waals surface area contributed by atoms with Gasteiger partial charge in [-0.2, -0.15) is 0 Å². The fourth-order valence-electron chi connectivity index (χ4n) is 3.67. The Hall–Kier alpha value is -1.24. The molecular weight excluding hydrogens is 356 g/mol. The van der Waals surface area contributed by atoms with Gasteiger partial charge in [-0.25, -0.2) is 0 Å². The van der Waals surface area contributed by atoms with Crippen LogP contribution in [0.1, 0.15) is 20.3 Å². The van der Waals surface area contributed by atoms with Gasteiger partial charge in [-0.3, -0.25) is 9.89 Å². The molecule has 1 aromatic carbocycles. The molecule has 1 aromatic rings. The Labute approximate surface area is 168 Å². The maximum Gasteiger partial charge on any atom is 0.193 e. The van der Waals surface area contributed by atoms with Crippen LogP contribution in [0.3, 0.4) is 0 Å². The zero-order valence-electron chi connectivity index (χ0n) is 16.8. The number of rotatable bonds is 7. The van der Waals surface area contributed by atoms with Crippen molar-refractivity contribution in [2.45, 2.75) is 31.2 Å². The molecule has 0 aliphatic carbocycles. The molecular formula is C21H34N4OS. The predicted octanol–water partition coefficient (Wildman–Crippen LogP) is 2.79. The number of benzene rings is 1. The van der Waals surface area contributed by atoms with Crippen LogP contribution in [0.5, 0.6) is 0 Å². The molecule has 27 heavy (non-hydrogen) atoms. The lowest BCUT2D eigenvalue weighted by Crippen LogP contribution is -2.45. The summed E-state index contributed by atoms with van der Waals surface area (Å²) in [6, 6.07) is 11.2. The highest BCUT2D eigenvalue weighted by molar-refractivity contribution is 7.99. The predicted molar refractivity (Wildman–Crippen MR) is 115 cm³/mol. The minimum atomic E-state index is 0.467. The van der Waals surface area contributed by atoms with Crippen LogP contribution in [0.25, 0.3) is 0 Å². The Kier molecular flexibility index (Phi) is 8.30. The Morgan fingerprint density at radius 1 is 1.26 bits per heavy atom. The zero-order valence-corrected chi connectivity index (χ0v) is 17.6. The van der Waals surface area contributed by atoms with Crippen LogP contribution < -0.4 is 5.32 Å². The van der Waals surface area contributed by atoms with Crippen LogP contribution >= 0.6 is 11.8 Å². The molecule has 0 saturated carbocycles. The number of aliphatic imine (C=N–C) groups is 1. The van der Waals surface area contributed by atoms with Gasteiger partial charge >= 0.3 is 0 Å². The summed E-state index contributed by atoms with van der Waals surface area (Å²) >= 11 is 1.98. The van der Waals surface area contributed by atoms with Gasteiger partial charge in [-0.15, -0.1) is 11.8 Å². The standard InChI is InChI=1S/C21H34N4OS/c1-3-22-21(23-15-18(2)24-11-13-26-14-12-24)25-10-9-19(16-25)17-27-20-7-5-4-6-8-20/h4-8,18-19H,3,9-17H2,1-2H3,(H,22,23). The fraction of sp³-hybridized carbons (Fsp3) is 0.667. The number of guanidine groups is 1. The maximum atomic E-state index is 5.46. The molecule has 3 rings (SSSR count). The maximum absolute atomic E-state index is 5.46. The highest BCUT2D eigenvalue weighted by Crippen LogP contribution is 2.25. The average Bonchev–Trinajstić information content (AvgIpc) is 3.19. The minimum absolute atomic E-state index is 0.467. The quantitative estimate of drug-likeness (QED) is 0.440. The van der Waals surface area contributed by atoms with Crippen molar-refractivity contribution in [3.8, 4) is 0 Å². The van der Waals surface area contributed by atoms with E-state index in [1.54, 1.807) is 0 Å². The van der Waals surface area contributed by atoms with Gasteiger partial charge in [0.05, 0.1) is 19.8 Å². The molecule has 0 aromatic heterocycles. The van der Waals surface area contributed by atoms with E-state index in [9.17, 15) is 0 Å². The number of ether oxygens (including phenoxy) is 1. The Morgan fingerprint density at radius 3 is 2.78 bits per heavy atom. The van der Waals surface area contributed by atoms with Gasteiger partial charge in [0.1, 0.15) is 0 Å². The number of hydrogen-bond acceptors (Lipinski definition) is 4. The summed E-state index contributed by atoms with van der Waals surface area (Å²) < 4.78 is 5.46. The van der Waals surface area contributed by atoms with Gasteiger partial charge in [0.15, 0.2) is 5.96 Å². The molecule has 0 radical (unpaired) electrons. The van der Waals surface area contributed by atoms with Crippen molar-refractivity contribution in [1.82, 2.24) is 15.1 Å². The van der Waals surface area contributed by atoms with E-state index in [1.165, 1.54) is 17.1 Å². The molecule has 150 valence electrons. The average molecular weight is 391 g/mol. The first-order chi connectivity index (χ1) is 13.3. The van der Waals surface area contributed by atoms with Gasteiger partial charge in [-0.1, -0.05) is 18.2 Å². The summed E-state index contributed by atoms with van der Waals surface area (Å²) in [4.78, 5) is 11.3. The third-order valence-corrected chi connectivity index (χ3v) is 6.57. The first-order valence-corrected chi connectivity index (χ1v) is 11.3. The highest BCUT2D eigenvalue weighted by Gasteiger charge is 2.25. The molecule has 1 N–H and O–H groups in total. The van der Waals surface area contributed by atoms with Crippen LogP contribution in [-0.2, 0) is 4.74 Å². The molecule has 2 unspecified atom stereocenters. The topological polar surface area (TPSA) is 40.1 Å². The first-order valence-electron chi connectivity index (χ1n) is 10.3. The third kappa shape index (κ3) is 6.40. The van der Waals surface area contributed by atoms with E-state index in [0.29, 0.717) is 6.04 Å². The molecule has 0 amide bonds. The molecule has 2 atom stereocenters. The second-order valence-corrected chi connectivity index (χ2v) is 8.51. The number of thioether (sulfide) groups is 1. The zero-order chi connectivity index (χ0) is 18.9. The van der Waals surface area contributed by atoms with Crippen LogP contribution in [0, 0.1) is 5.92 Å². The van der Waals surface area contributed by atoms with E-state index in [-0.39, 0.29) is 0 Å². The Morgan fingerprint density at radius 2 is 2.04 bits per heavy atom. The lowest BCUT2D eigenvalue weighted by atomic mass is 10.2. The summed E-state index contributed by atoms with van der Waals surface area (Å²) in [7, 11) is 0. The molecule has 2 aliphatic rings. The Balaban J connectivity index is 1.49. The lowest BCUT2D eigenvalue weighted by Gasteiger charge is -2.31. The number of nitrogens with zero attached hydrogens (tertiary/aromatic N) is 3. The lowest BCUT2D eigenvalue weighted by molar-refractivity contribution is 0.0220. The molecule has 2 heterocycles. The summed E-state index contributed by atoms with van der Waals surface area (Å²) in [5, 5.41) is 3.50. The SMILES string of the molecule is CCNC(=NCC(C)N1CCOCC1)N1CCC(CSc2ccccc2)C1. The van der Waals surface area contributed by atoms with Crippen molar-refractivity contribution >= 4 is 17.7 Å². The molecule has 6 heteroatoms. The van der Waals surface area contributed by atoms with Crippen LogP contribution in [0.2, 0.25) is 0 Å². The number of morpholine rings is 1. The minimum Gasteiger partial charge on any atom is -0.379 e. The van der Waals surface area contributed by atoms with E-state index in [2.05, 4.69) is 59.3 Å². The molecule has 2 aliphatic heterocycles. The van der Waals surface area contributed by atoms with Crippen LogP contribution in [0.4, 0.5) is 0 Å². The fourth-order valence-corrected chi connectivity index (χ4v) is 4.72. The summed E-state index contributed by atoms with van der Waals surface area (Å²) in [5.74, 6) is 3.00. The number of hydrogen-bond donors (Lipinski definition) is 1. The summed E-state index contributed by atoms with van der Waals surface area (Å²) in [6.45, 7) is 12.2. The second-order valence-electron chi connectivity index (χ2n) is 7.42. The van der Waals surface area contributed by atoms with Gasteiger partial charge < -0.3 is 15.0 Å². The smallest absolute Gasteiger partial charge is 0.193 e. The van der Waals surface area contributed by atoms with E-state index in [4.69, 9.17) is 9.73 Å². The molecule has 5 nitrogen and oxygen atoms in total. The van der Waals surface area contributed by atoms with Gasteiger partial charge in [-0.05, 0) is 38.3 Å². The van der Waals surface area contributed by atoms with Gasteiger partial charge in [0.2, 0.25) is 0 Å². The molecule has 2 saturated heterocycles. The molecule has 0 bridgehead atoms. The second kappa shape index (κ2) is 10.9. The van der Waals surface area contributed by atoms with E-state index in [0.717, 1.165) is 64.4 Å². The summed E-state index contributed by atoms with van der Waals surface area (Å²) in [6.07, 6.45) is 1.25. The van der Waals surface area contributed by atoms with E-state index < -0.39 is 0 Å². The normalized spacial score (nSPS) is 22.8. The van der Waals surface area contributed by atoms with E-state index in [1.807, 2.05) is 11.8 Å². The van der Waals surface area contributed by atoms with Crippen molar-refractivity contribution in [3.05, 3.63) is 30.3 Å². The first kappa shape index (κ1) is 20.5. The van der Waals surface area contributed by atoms with Gasteiger partial charge in [0, 0.05) is 49.4 Å². The summed E-state index contributed by atoms with van der Waals surface area (Å²) in [5.41, 5.74) is 0. The monoisotopic (exact) mass is 390 g/mol. The Bertz CT molecular complexity index is 577. The number of likely N-dealkylation sites (tertiary alicyclic amines) is 1. The van der Waals surface area contributed by atoms with Crippen LogP contribution in [-0.4, -0.2) is 80.0 Å². The van der Waals surface area contributed by atoms with Crippen molar-refractivity contribution in [2.24, 2.45) is 10.9 Å². The highest BCUT2D eigenvalue weighted by atomic mass is 32.2. The van der Waals surface area contributed by atoms with Crippen LogP contribution in [0.15, 0.2) is 40.2 Å².